The first kappa shape index (κ1) is 15.5. The Morgan fingerprint density at radius 3 is 2.43 bits per heavy atom. The highest BCUT2D eigenvalue weighted by Gasteiger charge is 2.43. The Labute approximate surface area is 124 Å². The van der Waals surface area contributed by atoms with Crippen LogP contribution in [-0.4, -0.2) is 36.7 Å². The Morgan fingerprint density at radius 2 is 1.90 bits per heavy atom. The molecule has 0 spiro atoms. The van der Waals surface area contributed by atoms with Crippen molar-refractivity contribution in [1.29, 1.82) is 0 Å². The van der Waals surface area contributed by atoms with Crippen molar-refractivity contribution in [2.45, 2.75) is 37.1 Å². The summed E-state index contributed by atoms with van der Waals surface area (Å²) >= 11 is 0. The summed E-state index contributed by atoms with van der Waals surface area (Å²) in [6, 6.07) is 8.60. The van der Waals surface area contributed by atoms with Gasteiger partial charge in [0, 0.05) is 0 Å². The van der Waals surface area contributed by atoms with Crippen LogP contribution in [0.5, 0.6) is 0 Å². The molecule has 5 heteroatoms. The molecule has 1 fully saturated rings. The predicted octanol–water partition coefficient (Wildman–Crippen LogP) is 1.15. The second-order valence-electron chi connectivity index (χ2n) is 5.39. The number of amides is 1. The minimum atomic E-state index is -1.01. The van der Waals surface area contributed by atoms with E-state index in [4.69, 9.17) is 0 Å². The summed E-state index contributed by atoms with van der Waals surface area (Å²) in [5.41, 5.74) is 0.351. The van der Waals surface area contributed by atoms with Crippen LogP contribution in [0.25, 0.3) is 0 Å². The molecule has 1 atom stereocenters. The van der Waals surface area contributed by atoms with Gasteiger partial charge in [-0.05, 0) is 18.4 Å². The van der Waals surface area contributed by atoms with Crippen LogP contribution in [0.1, 0.15) is 31.2 Å². The second kappa shape index (κ2) is 6.72. The topological polar surface area (TPSA) is 75.6 Å². The molecule has 1 aromatic rings. The van der Waals surface area contributed by atoms with Crippen LogP contribution in [0.15, 0.2) is 30.3 Å². The quantitative estimate of drug-likeness (QED) is 0.798. The van der Waals surface area contributed by atoms with Gasteiger partial charge in [-0.1, -0.05) is 43.2 Å². The standard InChI is InChI=1S/C16H21NO4/c1-21-14(19)13(11-18)17-15(20)16(9-5-6-10-16)12-7-3-2-4-8-12/h2-4,7-8,13,18H,5-6,9-11H2,1H3,(H,17,20). The van der Waals surface area contributed by atoms with Gasteiger partial charge in [-0.25, -0.2) is 4.79 Å². The number of aliphatic hydroxyl groups is 1. The molecule has 2 rings (SSSR count). The largest absolute Gasteiger partial charge is 0.467 e. The maximum atomic E-state index is 12.7. The molecule has 1 saturated carbocycles. The number of hydrogen-bond donors (Lipinski definition) is 2. The van der Waals surface area contributed by atoms with E-state index in [1.165, 1.54) is 7.11 Å². The number of ether oxygens (including phenoxy) is 1. The predicted molar refractivity (Wildman–Crippen MR) is 77.6 cm³/mol. The average Bonchev–Trinajstić information content (AvgIpc) is 3.03. The summed E-state index contributed by atoms with van der Waals surface area (Å²) < 4.78 is 4.59. The molecule has 0 heterocycles. The van der Waals surface area contributed by atoms with E-state index in [0.29, 0.717) is 0 Å². The molecule has 1 aliphatic rings. The molecule has 0 saturated heterocycles. The Morgan fingerprint density at radius 1 is 1.29 bits per heavy atom. The molecular weight excluding hydrogens is 270 g/mol. The van der Waals surface area contributed by atoms with Gasteiger partial charge in [0.1, 0.15) is 0 Å². The van der Waals surface area contributed by atoms with E-state index < -0.39 is 24.0 Å². The van der Waals surface area contributed by atoms with Crippen molar-refractivity contribution in [2.75, 3.05) is 13.7 Å². The first-order chi connectivity index (χ1) is 10.1. The van der Waals surface area contributed by atoms with Crippen LogP contribution >= 0.6 is 0 Å². The number of methoxy groups -OCH3 is 1. The highest BCUT2D eigenvalue weighted by Crippen LogP contribution is 2.41. The molecule has 0 bridgehead atoms. The SMILES string of the molecule is COC(=O)C(CO)NC(=O)C1(c2ccccc2)CCCC1. The fourth-order valence-corrected chi connectivity index (χ4v) is 3.00. The van der Waals surface area contributed by atoms with Crippen molar-refractivity contribution in [2.24, 2.45) is 0 Å². The molecule has 21 heavy (non-hydrogen) atoms. The molecule has 1 aromatic carbocycles. The van der Waals surface area contributed by atoms with Crippen molar-refractivity contribution in [3.8, 4) is 0 Å². The average molecular weight is 291 g/mol. The highest BCUT2D eigenvalue weighted by molar-refractivity contribution is 5.92. The zero-order valence-corrected chi connectivity index (χ0v) is 12.2. The van der Waals surface area contributed by atoms with Crippen molar-refractivity contribution < 1.29 is 19.4 Å². The fourth-order valence-electron chi connectivity index (χ4n) is 3.00. The summed E-state index contributed by atoms with van der Waals surface area (Å²) in [5, 5.41) is 11.9. The van der Waals surface area contributed by atoms with Gasteiger partial charge in [0.05, 0.1) is 19.1 Å². The van der Waals surface area contributed by atoms with Crippen molar-refractivity contribution in [1.82, 2.24) is 5.32 Å². The van der Waals surface area contributed by atoms with Crippen molar-refractivity contribution in [3.63, 3.8) is 0 Å². The minimum absolute atomic E-state index is 0.212. The lowest BCUT2D eigenvalue weighted by atomic mass is 9.78. The van der Waals surface area contributed by atoms with Gasteiger partial charge in [-0.2, -0.15) is 0 Å². The molecule has 0 aliphatic heterocycles. The smallest absolute Gasteiger partial charge is 0.330 e. The van der Waals surface area contributed by atoms with Gasteiger partial charge in [0.15, 0.2) is 6.04 Å². The molecule has 1 aliphatic carbocycles. The lowest BCUT2D eigenvalue weighted by Crippen LogP contribution is -2.51. The Bertz CT molecular complexity index is 494. The van der Waals surface area contributed by atoms with Gasteiger partial charge < -0.3 is 15.2 Å². The molecular formula is C16H21NO4. The normalized spacial score (nSPS) is 18.0. The highest BCUT2D eigenvalue weighted by atomic mass is 16.5. The maximum absolute atomic E-state index is 12.7. The van der Waals surface area contributed by atoms with Crippen LogP contribution in [-0.2, 0) is 19.7 Å². The Kier molecular flexibility index (Phi) is 4.96. The number of hydrogen-bond acceptors (Lipinski definition) is 4. The summed E-state index contributed by atoms with van der Waals surface area (Å²) in [6.45, 7) is -0.469. The lowest BCUT2D eigenvalue weighted by molar-refractivity contribution is -0.147. The molecule has 1 amide bonds. The summed E-state index contributed by atoms with van der Waals surface area (Å²) in [6.07, 6.45) is 3.46. The summed E-state index contributed by atoms with van der Waals surface area (Å²) in [4.78, 5) is 24.3. The third-order valence-electron chi connectivity index (χ3n) is 4.19. The van der Waals surface area contributed by atoms with E-state index in [0.717, 1.165) is 31.2 Å². The van der Waals surface area contributed by atoms with E-state index in [9.17, 15) is 14.7 Å². The van der Waals surface area contributed by atoms with Crippen LogP contribution in [0.3, 0.4) is 0 Å². The van der Waals surface area contributed by atoms with Crippen molar-refractivity contribution >= 4 is 11.9 Å². The van der Waals surface area contributed by atoms with E-state index in [-0.39, 0.29) is 5.91 Å². The number of rotatable bonds is 5. The lowest BCUT2D eigenvalue weighted by Gasteiger charge is -2.29. The van der Waals surface area contributed by atoms with Gasteiger partial charge in [-0.15, -0.1) is 0 Å². The van der Waals surface area contributed by atoms with Crippen LogP contribution in [0, 0.1) is 0 Å². The second-order valence-corrected chi connectivity index (χ2v) is 5.39. The van der Waals surface area contributed by atoms with Gasteiger partial charge >= 0.3 is 5.97 Å². The third kappa shape index (κ3) is 3.08. The van der Waals surface area contributed by atoms with Gasteiger partial charge in [0.2, 0.25) is 5.91 Å². The van der Waals surface area contributed by atoms with Crippen molar-refractivity contribution in [3.05, 3.63) is 35.9 Å². The zero-order chi connectivity index (χ0) is 15.3. The Balaban J connectivity index is 2.23. The van der Waals surface area contributed by atoms with E-state index in [1.807, 2.05) is 30.3 Å². The molecule has 1 unspecified atom stereocenters. The number of carbonyl (C=O) groups excluding carboxylic acids is 2. The first-order valence-electron chi connectivity index (χ1n) is 7.19. The molecule has 0 aromatic heterocycles. The molecule has 2 N–H and O–H groups in total. The van der Waals surface area contributed by atoms with Crippen LogP contribution in [0.4, 0.5) is 0 Å². The number of carbonyl (C=O) groups is 2. The maximum Gasteiger partial charge on any atom is 0.330 e. The Hall–Kier alpha value is -1.88. The van der Waals surface area contributed by atoms with E-state index >= 15 is 0 Å². The number of aliphatic hydroxyl groups excluding tert-OH is 1. The van der Waals surface area contributed by atoms with Crippen LogP contribution in [0.2, 0.25) is 0 Å². The fraction of sp³-hybridized carbons (Fsp3) is 0.500. The first-order valence-corrected chi connectivity index (χ1v) is 7.19. The van der Waals surface area contributed by atoms with Crippen LogP contribution < -0.4 is 5.32 Å². The monoisotopic (exact) mass is 291 g/mol. The number of nitrogens with one attached hydrogen (secondary N) is 1. The summed E-state index contributed by atoms with van der Waals surface area (Å²) in [7, 11) is 1.24. The minimum Gasteiger partial charge on any atom is -0.467 e. The van der Waals surface area contributed by atoms with Gasteiger partial charge in [-0.3, -0.25) is 4.79 Å². The third-order valence-corrected chi connectivity index (χ3v) is 4.19. The molecule has 0 radical (unpaired) electrons. The number of benzene rings is 1. The summed E-state index contributed by atoms with van der Waals surface area (Å²) in [5.74, 6) is -0.845. The molecule has 114 valence electrons. The number of esters is 1. The van der Waals surface area contributed by atoms with Gasteiger partial charge in [0.25, 0.3) is 0 Å². The molecule has 5 nitrogen and oxygen atoms in total. The zero-order valence-electron chi connectivity index (χ0n) is 12.2. The van der Waals surface area contributed by atoms with E-state index in [2.05, 4.69) is 10.1 Å². The van der Waals surface area contributed by atoms with E-state index in [1.54, 1.807) is 0 Å².